The molecule has 0 aliphatic heterocycles. The van der Waals surface area contributed by atoms with Crippen LogP contribution >= 0.6 is 0 Å². The van der Waals surface area contributed by atoms with Crippen LogP contribution in [0.25, 0.3) is 6.08 Å². The molecule has 0 spiro atoms. The second kappa shape index (κ2) is 3.80. The fraction of sp³-hybridized carbons (Fsp3) is 0.125. The molecule has 2 nitrogen and oxygen atoms in total. The van der Waals surface area contributed by atoms with E-state index in [1.165, 1.54) is 0 Å². The van der Waals surface area contributed by atoms with Crippen LogP contribution in [0.1, 0.15) is 5.69 Å². The Hall–Kier alpha value is -1.15. The summed E-state index contributed by atoms with van der Waals surface area (Å²) in [6, 6.07) is 5.77. The van der Waals surface area contributed by atoms with Crippen LogP contribution in [0.3, 0.4) is 0 Å². The first kappa shape index (κ1) is 6.96. The minimum atomic E-state index is 0.566. The Morgan fingerprint density at radius 2 is 2.40 bits per heavy atom. The average Bonchev–Trinajstić information content (AvgIpc) is 2.03. The van der Waals surface area contributed by atoms with E-state index in [0.29, 0.717) is 6.54 Å². The highest BCUT2D eigenvalue weighted by Gasteiger charge is 1.80. The van der Waals surface area contributed by atoms with Crippen molar-refractivity contribution in [3.05, 3.63) is 36.2 Å². The van der Waals surface area contributed by atoms with Gasteiger partial charge in [0, 0.05) is 12.7 Å². The molecule has 1 aromatic heterocycles. The molecule has 0 fully saturated rings. The average molecular weight is 134 g/mol. The summed E-state index contributed by atoms with van der Waals surface area (Å²) in [6.45, 7) is 0.566. The van der Waals surface area contributed by atoms with Crippen LogP contribution in [0.4, 0.5) is 0 Å². The highest BCUT2D eigenvalue weighted by Crippen LogP contribution is 1.94. The van der Waals surface area contributed by atoms with E-state index in [-0.39, 0.29) is 0 Å². The molecule has 1 heterocycles. The summed E-state index contributed by atoms with van der Waals surface area (Å²) < 4.78 is 0. The van der Waals surface area contributed by atoms with Crippen LogP contribution in [0.5, 0.6) is 0 Å². The molecule has 0 saturated heterocycles. The molecule has 0 bridgehead atoms. The Labute approximate surface area is 60.4 Å². The molecule has 0 aliphatic rings. The predicted molar refractivity (Wildman–Crippen MR) is 42.3 cm³/mol. The van der Waals surface area contributed by atoms with Crippen LogP contribution in [0, 0.1) is 0 Å². The third kappa shape index (κ3) is 1.99. The Bertz CT molecular complexity index is 204. The van der Waals surface area contributed by atoms with Gasteiger partial charge in [0.2, 0.25) is 0 Å². The van der Waals surface area contributed by atoms with E-state index in [2.05, 4.69) is 4.98 Å². The van der Waals surface area contributed by atoms with Gasteiger partial charge in [0.25, 0.3) is 0 Å². The molecule has 0 amide bonds. The van der Waals surface area contributed by atoms with Crippen molar-refractivity contribution in [1.82, 2.24) is 4.98 Å². The Balaban J connectivity index is 2.67. The van der Waals surface area contributed by atoms with E-state index < -0.39 is 0 Å². The molecule has 0 saturated carbocycles. The zero-order valence-electron chi connectivity index (χ0n) is 5.70. The quantitative estimate of drug-likeness (QED) is 0.656. The molecule has 0 unspecified atom stereocenters. The van der Waals surface area contributed by atoms with Gasteiger partial charge in [-0.15, -0.1) is 0 Å². The van der Waals surface area contributed by atoms with E-state index in [4.69, 9.17) is 5.73 Å². The predicted octanol–water partition coefficient (Wildman–Crippen LogP) is 1.05. The SMILES string of the molecule is NC/C=C/c1ccccn1. The minimum Gasteiger partial charge on any atom is -0.327 e. The monoisotopic (exact) mass is 134 g/mol. The van der Waals surface area contributed by atoms with Crippen LogP contribution in [-0.4, -0.2) is 11.5 Å². The van der Waals surface area contributed by atoms with Crippen molar-refractivity contribution >= 4 is 6.08 Å². The maximum absolute atomic E-state index is 5.26. The Morgan fingerprint density at radius 1 is 1.50 bits per heavy atom. The van der Waals surface area contributed by atoms with Crippen LogP contribution in [0.15, 0.2) is 30.5 Å². The summed E-state index contributed by atoms with van der Waals surface area (Å²) in [5.74, 6) is 0. The van der Waals surface area contributed by atoms with Crippen molar-refractivity contribution in [3.8, 4) is 0 Å². The lowest BCUT2D eigenvalue weighted by molar-refractivity contribution is 1.25. The third-order valence-corrected chi connectivity index (χ3v) is 1.11. The summed E-state index contributed by atoms with van der Waals surface area (Å²) in [4.78, 5) is 4.07. The lowest BCUT2D eigenvalue weighted by Crippen LogP contribution is -1.92. The maximum Gasteiger partial charge on any atom is 0.0626 e. The van der Waals surface area contributed by atoms with Gasteiger partial charge in [-0.05, 0) is 18.2 Å². The molecule has 0 aliphatic carbocycles. The molecule has 0 radical (unpaired) electrons. The molecule has 2 heteroatoms. The number of nitrogens with zero attached hydrogens (tertiary/aromatic N) is 1. The van der Waals surface area contributed by atoms with Gasteiger partial charge in [0.1, 0.15) is 0 Å². The van der Waals surface area contributed by atoms with Gasteiger partial charge in [-0.2, -0.15) is 0 Å². The number of hydrogen-bond donors (Lipinski definition) is 1. The molecule has 1 rings (SSSR count). The topological polar surface area (TPSA) is 38.9 Å². The summed E-state index contributed by atoms with van der Waals surface area (Å²) in [6.07, 6.45) is 5.54. The smallest absolute Gasteiger partial charge is 0.0626 e. The number of nitrogens with two attached hydrogens (primary N) is 1. The van der Waals surface area contributed by atoms with E-state index in [9.17, 15) is 0 Å². The van der Waals surface area contributed by atoms with E-state index in [0.717, 1.165) is 5.69 Å². The van der Waals surface area contributed by atoms with Crippen molar-refractivity contribution in [3.63, 3.8) is 0 Å². The summed E-state index contributed by atoms with van der Waals surface area (Å²) in [5, 5.41) is 0. The second-order valence-electron chi connectivity index (χ2n) is 1.89. The number of aromatic nitrogens is 1. The second-order valence-corrected chi connectivity index (χ2v) is 1.89. The zero-order valence-corrected chi connectivity index (χ0v) is 5.70. The largest absolute Gasteiger partial charge is 0.327 e. The standard InChI is InChI=1S/C8H10N2/c9-6-3-5-8-4-1-2-7-10-8/h1-5,7H,6,9H2/b5-3+. The van der Waals surface area contributed by atoms with Gasteiger partial charge in [0.15, 0.2) is 0 Å². The first-order chi connectivity index (χ1) is 4.93. The Morgan fingerprint density at radius 3 is 3.00 bits per heavy atom. The normalized spacial score (nSPS) is 10.5. The number of hydrogen-bond acceptors (Lipinski definition) is 2. The maximum atomic E-state index is 5.26. The fourth-order valence-electron chi connectivity index (χ4n) is 0.663. The van der Waals surface area contributed by atoms with Crippen LogP contribution < -0.4 is 5.73 Å². The lowest BCUT2D eigenvalue weighted by atomic mass is 10.3. The summed E-state index contributed by atoms with van der Waals surface area (Å²) >= 11 is 0. The minimum absolute atomic E-state index is 0.566. The van der Waals surface area contributed by atoms with Gasteiger partial charge >= 0.3 is 0 Å². The van der Waals surface area contributed by atoms with Crippen molar-refractivity contribution < 1.29 is 0 Å². The van der Waals surface area contributed by atoms with Crippen molar-refractivity contribution in [2.75, 3.05) is 6.54 Å². The zero-order chi connectivity index (χ0) is 7.23. The van der Waals surface area contributed by atoms with Crippen molar-refractivity contribution in [2.45, 2.75) is 0 Å². The fourth-order valence-corrected chi connectivity index (χ4v) is 0.663. The molecule has 0 atom stereocenters. The number of rotatable bonds is 2. The van der Waals surface area contributed by atoms with Gasteiger partial charge < -0.3 is 5.73 Å². The van der Waals surface area contributed by atoms with Crippen molar-refractivity contribution in [2.24, 2.45) is 5.73 Å². The first-order valence-electron chi connectivity index (χ1n) is 3.21. The van der Waals surface area contributed by atoms with Gasteiger partial charge in [-0.1, -0.05) is 12.1 Å². The van der Waals surface area contributed by atoms with E-state index in [1.807, 2.05) is 30.4 Å². The van der Waals surface area contributed by atoms with E-state index >= 15 is 0 Å². The summed E-state index contributed by atoms with van der Waals surface area (Å²) in [7, 11) is 0. The van der Waals surface area contributed by atoms with Gasteiger partial charge in [-0.25, -0.2) is 0 Å². The Kier molecular flexibility index (Phi) is 2.64. The molecule has 0 aromatic carbocycles. The molecule has 2 N–H and O–H groups in total. The molecule has 1 aromatic rings. The van der Waals surface area contributed by atoms with Crippen LogP contribution in [0.2, 0.25) is 0 Å². The lowest BCUT2D eigenvalue weighted by Gasteiger charge is -1.87. The summed E-state index contributed by atoms with van der Waals surface area (Å²) in [5.41, 5.74) is 6.21. The number of pyridine rings is 1. The van der Waals surface area contributed by atoms with Gasteiger partial charge in [0.05, 0.1) is 5.69 Å². The third-order valence-electron chi connectivity index (χ3n) is 1.11. The van der Waals surface area contributed by atoms with Crippen molar-refractivity contribution in [1.29, 1.82) is 0 Å². The first-order valence-corrected chi connectivity index (χ1v) is 3.21. The van der Waals surface area contributed by atoms with Crippen LogP contribution in [-0.2, 0) is 0 Å². The molecule has 52 valence electrons. The highest BCUT2D eigenvalue weighted by molar-refractivity contribution is 5.43. The molecule has 10 heavy (non-hydrogen) atoms. The van der Waals surface area contributed by atoms with E-state index in [1.54, 1.807) is 6.20 Å². The van der Waals surface area contributed by atoms with Gasteiger partial charge in [-0.3, -0.25) is 4.98 Å². The highest BCUT2D eigenvalue weighted by atomic mass is 14.6. The molecular weight excluding hydrogens is 124 g/mol. The molecular formula is C8H10N2.